The van der Waals surface area contributed by atoms with E-state index in [1.165, 1.54) is 0 Å². The number of hydrogen-bond donors (Lipinski definition) is 2. The third kappa shape index (κ3) is 2.57. The van der Waals surface area contributed by atoms with Crippen LogP contribution in [0.3, 0.4) is 0 Å². The van der Waals surface area contributed by atoms with E-state index in [4.69, 9.17) is 0 Å². The van der Waals surface area contributed by atoms with Crippen LogP contribution in [0.15, 0.2) is 6.07 Å². The number of carbonyl (C=O) groups is 1. The molecular weight excluding hydrogens is 226 g/mol. The van der Waals surface area contributed by atoms with Gasteiger partial charge in [0.2, 0.25) is 5.91 Å². The van der Waals surface area contributed by atoms with Crippen molar-refractivity contribution in [3.8, 4) is 0 Å². The molecule has 1 aromatic rings. The summed E-state index contributed by atoms with van der Waals surface area (Å²) < 4.78 is 0. The maximum Gasteiger partial charge on any atom is 0.231 e. The summed E-state index contributed by atoms with van der Waals surface area (Å²) in [5.74, 6) is 0.741. The average Bonchev–Trinajstić information content (AvgIpc) is 2.86. The Hall–Kier alpha value is -1.32. The lowest BCUT2D eigenvalue weighted by Gasteiger charge is -2.21. The molecule has 0 aromatic carbocycles. The van der Waals surface area contributed by atoms with Crippen molar-refractivity contribution in [1.29, 1.82) is 0 Å². The third-order valence-electron chi connectivity index (χ3n) is 3.88. The van der Waals surface area contributed by atoms with Crippen LogP contribution in [-0.2, 0) is 10.2 Å². The minimum Gasteiger partial charge on any atom is -0.309 e. The smallest absolute Gasteiger partial charge is 0.231 e. The van der Waals surface area contributed by atoms with E-state index in [2.05, 4.69) is 36.3 Å². The highest BCUT2D eigenvalue weighted by atomic mass is 16.2. The van der Waals surface area contributed by atoms with Gasteiger partial charge in [-0.2, -0.15) is 5.10 Å². The zero-order valence-electron chi connectivity index (χ0n) is 11.8. The molecule has 0 saturated heterocycles. The Kier molecular flexibility index (Phi) is 3.21. The van der Waals surface area contributed by atoms with Crippen molar-refractivity contribution in [2.45, 2.75) is 58.8 Å². The Balaban J connectivity index is 2.06. The lowest BCUT2D eigenvalue weighted by molar-refractivity contribution is -0.124. The predicted octanol–water partition coefficient (Wildman–Crippen LogP) is 3.23. The molecule has 4 heteroatoms. The fraction of sp³-hybridized carbons (Fsp3) is 0.714. The van der Waals surface area contributed by atoms with E-state index < -0.39 is 0 Å². The molecular formula is C14H23N3O. The van der Waals surface area contributed by atoms with Gasteiger partial charge in [0.05, 0.1) is 0 Å². The van der Waals surface area contributed by atoms with Gasteiger partial charge in [0, 0.05) is 22.6 Å². The highest BCUT2D eigenvalue weighted by Crippen LogP contribution is 2.38. The van der Waals surface area contributed by atoms with Gasteiger partial charge < -0.3 is 5.32 Å². The van der Waals surface area contributed by atoms with Gasteiger partial charge in [0.15, 0.2) is 5.82 Å². The molecule has 1 aliphatic carbocycles. The van der Waals surface area contributed by atoms with Gasteiger partial charge in [-0.15, -0.1) is 0 Å². The van der Waals surface area contributed by atoms with E-state index in [9.17, 15) is 4.79 Å². The molecule has 2 rings (SSSR count). The molecule has 1 aliphatic rings. The second-order valence-corrected chi connectivity index (χ2v) is 6.64. The van der Waals surface area contributed by atoms with Crippen LogP contribution < -0.4 is 5.32 Å². The molecule has 0 unspecified atom stereocenters. The lowest BCUT2D eigenvalue weighted by atomic mass is 9.88. The highest BCUT2D eigenvalue weighted by Gasteiger charge is 2.36. The highest BCUT2D eigenvalue weighted by molar-refractivity contribution is 5.94. The number of nitrogens with zero attached hydrogens (tertiary/aromatic N) is 1. The Morgan fingerprint density at radius 1 is 1.39 bits per heavy atom. The number of aromatic amines is 1. The van der Waals surface area contributed by atoms with Crippen LogP contribution in [0.5, 0.6) is 0 Å². The Morgan fingerprint density at radius 3 is 2.50 bits per heavy atom. The van der Waals surface area contributed by atoms with Gasteiger partial charge in [-0.05, 0) is 12.8 Å². The normalized spacial score (nSPS) is 18.9. The maximum atomic E-state index is 12.2. The molecule has 0 radical (unpaired) electrons. The van der Waals surface area contributed by atoms with Crippen molar-refractivity contribution in [2.75, 3.05) is 5.32 Å². The second kappa shape index (κ2) is 4.41. The molecule has 100 valence electrons. The monoisotopic (exact) mass is 249 g/mol. The van der Waals surface area contributed by atoms with Gasteiger partial charge in [-0.25, -0.2) is 0 Å². The van der Waals surface area contributed by atoms with Crippen LogP contribution in [0.1, 0.15) is 59.1 Å². The summed E-state index contributed by atoms with van der Waals surface area (Å²) in [6, 6.07) is 1.93. The van der Waals surface area contributed by atoms with Crippen LogP contribution in [0.2, 0.25) is 0 Å². The summed E-state index contributed by atoms with van der Waals surface area (Å²) in [6.45, 7) is 8.39. The molecule has 0 spiro atoms. The fourth-order valence-electron chi connectivity index (χ4n) is 2.42. The Bertz CT molecular complexity index is 436. The van der Waals surface area contributed by atoms with E-state index in [1.807, 2.05) is 13.0 Å². The molecule has 0 atom stereocenters. The van der Waals surface area contributed by atoms with Crippen molar-refractivity contribution in [1.82, 2.24) is 10.2 Å². The van der Waals surface area contributed by atoms with Gasteiger partial charge >= 0.3 is 0 Å². The third-order valence-corrected chi connectivity index (χ3v) is 3.88. The summed E-state index contributed by atoms with van der Waals surface area (Å²) in [4.78, 5) is 12.2. The molecule has 1 amide bonds. The number of H-pyrrole nitrogens is 1. The first-order chi connectivity index (χ1) is 8.31. The van der Waals surface area contributed by atoms with Gasteiger partial charge in [-0.1, -0.05) is 40.5 Å². The van der Waals surface area contributed by atoms with Crippen molar-refractivity contribution >= 4 is 11.7 Å². The minimum atomic E-state index is -0.207. The van der Waals surface area contributed by atoms with E-state index in [-0.39, 0.29) is 16.7 Å². The fourth-order valence-corrected chi connectivity index (χ4v) is 2.42. The van der Waals surface area contributed by atoms with Crippen molar-refractivity contribution in [3.63, 3.8) is 0 Å². The first-order valence-corrected chi connectivity index (χ1v) is 6.69. The first-order valence-electron chi connectivity index (χ1n) is 6.69. The zero-order chi connectivity index (χ0) is 13.4. The molecule has 1 fully saturated rings. The molecule has 1 saturated carbocycles. The molecule has 0 bridgehead atoms. The predicted molar refractivity (Wildman–Crippen MR) is 72.5 cm³/mol. The number of aromatic nitrogens is 2. The van der Waals surface area contributed by atoms with E-state index in [0.29, 0.717) is 5.82 Å². The van der Waals surface area contributed by atoms with Gasteiger partial charge in [0.25, 0.3) is 0 Å². The van der Waals surface area contributed by atoms with Crippen LogP contribution in [-0.4, -0.2) is 16.1 Å². The molecule has 2 N–H and O–H groups in total. The minimum absolute atomic E-state index is 0.0211. The van der Waals surface area contributed by atoms with Crippen molar-refractivity contribution < 1.29 is 4.79 Å². The zero-order valence-corrected chi connectivity index (χ0v) is 11.8. The summed E-state index contributed by atoms with van der Waals surface area (Å²) in [5, 5.41) is 10.1. The lowest BCUT2D eigenvalue weighted by Crippen LogP contribution is -2.30. The number of hydrogen-bond acceptors (Lipinski definition) is 2. The SMILES string of the molecule is CC1(C(=O)Nc2cc(C(C)(C)C)[nH]n2)CCCC1. The maximum absolute atomic E-state index is 12.2. The number of carbonyl (C=O) groups excluding carboxylic acids is 1. The van der Waals surface area contributed by atoms with Crippen LogP contribution in [0.25, 0.3) is 0 Å². The molecule has 1 heterocycles. The summed E-state index contributed by atoms with van der Waals surface area (Å²) in [7, 11) is 0. The largest absolute Gasteiger partial charge is 0.309 e. The van der Waals surface area contributed by atoms with Gasteiger partial charge in [0.1, 0.15) is 0 Å². The van der Waals surface area contributed by atoms with Crippen molar-refractivity contribution in [2.24, 2.45) is 5.41 Å². The first kappa shape index (κ1) is 13.1. The summed E-state index contributed by atoms with van der Waals surface area (Å²) in [5.41, 5.74) is 0.850. The van der Waals surface area contributed by atoms with Crippen LogP contribution in [0.4, 0.5) is 5.82 Å². The van der Waals surface area contributed by atoms with E-state index in [1.54, 1.807) is 0 Å². The molecule has 4 nitrogen and oxygen atoms in total. The Morgan fingerprint density at radius 2 is 2.00 bits per heavy atom. The van der Waals surface area contributed by atoms with E-state index >= 15 is 0 Å². The second-order valence-electron chi connectivity index (χ2n) is 6.64. The average molecular weight is 249 g/mol. The number of anilines is 1. The summed E-state index contributed by atoms with van der Waals surface area (Å²) >= 11 is 0. The number of rotatable bonds is 2. The molecule has 0 aliphatic heterocycles. The summed E-state index contributed by atoms with van der Waals surface area (Å²) in [6.07, 6.45) is 4.26. The number of amides is 1. The number of nitrogens with one attached hydrogen (secondary N) is 2. The molecule has 18 heavy (non-hydrogen) atoms. The quantitative estimate of drug-likeness (QED) is 0.845. The van der Waals surface area contributed by atoms with Crippen LogP contribution in [0, 0.1) is 5.41 Å². The van der Waals surface area contributed by atoms with Gasteiger partial charge in [-0.3, -0.25) is 9.89 Å². The van der Waals surface area contributed by atoms with Crippen LogP contribution >= 0.6 is 0 Å². The van der Waals surface area contributed by atoms with Crippen molar-refractivity contribution in [3.05, 3.63) is 11.8 Å². The van der Waals surface area contributed by atoms with E-state index in [0.717, 1.165) is 31.4 Å². The topological polar surface area (TPSA) is 57.8 Å². The standard InChI is InChI=1S/C14H23N3O/c1-13(2,3)10-9-11(17-16-10)15-12(18)14(4)7-5-6-8-14/h9H,5-8H2,1-4H3,(H2,15,16,17,18). The Labute approximate surface area is 109 Å². The molecule has 1 aromatic heterocycles.